The zero-order valence-electron chi connectivity index (χ0n) is 15.9. The van der Waals surface area contributed by atoms with E-state index in [1.54, 1.807) is 44.4 Å². The van der Waals surface area contributed by atoms with Crippen molar-refractivity contribution in [2.75, 3.05) is 0 Å². The van der Waals surface area contributed by atoms with E-state index in [4.69, 9.17) is 23.2 Å². The van der Waals surface area contributed by atoms with Gasteiger partial charge in [-0.05, 0) is 37.6 Å². The van der Waals surface area contributed by atoms with Gasteiger partial charge in [0.05, 0.1) is 39.2 Å². The molecule has 0 spiro atoms. The van der Waals surface area contributed by atoms with Crippen LogP contribution in [0.2, 0.25) is 10.0 Å². The van der Waals surface area contributed by atoms with Crippen LogP contribution in [0, 0.1) is 25.2 Å². The number of hydrogen-bond acceptors (Lipinski definition) is 5. The van der Waals surface area contributed by atoms with E-state index in [1.807, 2.05) is 6.07 Å². The standard InChI is InChI=1S/C20H14Cl2N6O2/c1-11-5-14(9-24-8-11)28-19(29)18(12(2)26(4-3-23)20(28)30)27-10-13-6-15(21)16(22)7-17(13)25-27/h5-10H,4H2,1-2H3. The van der Waals surface area contributed by atoms with Crippen molar-refractivity contribution < 1.29 is 0 Å². The van der Waals surface area contributed by atoms with Gasteiger partial charge in [0.15, 0.2) is 0 Å². The van der Waals surface area contributed by atoms with Gasteiger partial charge in [0.1, 0.15) is 12.2 Å². The SMILES string of the molecule is Cc1cncc(-n2c(=O)c(-n3cc4cc(Cl)c(Cl)cc4n3)c(C)n(CC#N)c2=O)c1. The molecule has 3 heterocycles. The molecule has 3 aromatic heterocycles. The second-order valence-corrected chi connectivity index (χ2v) is 7.54. The average molecular weight is 441 g/mol. The van der Waals surface area contributed by atoms with Gasteiger partial charge in [0, 0.05) is 17.8 Å². The summed E-state index contributed by atoms with van der Waals surface area (Å²) in [6.07, 6.45) is 4.66. The molecular weight excluding hydrogens is 427 g/mol. The highest BCUT2D eigenvalue weighted by Gasteiger charge is 2.20. The molecule has 0 aliphatic heterocycles. The average Bonchev–Trinajstić information content (AvgIpc) is 3.07. The number of fused-ring (bicyclic) bond motifs is 1. The van der Waals surface area contributed by atoms with Crippen molar-refractivity contribution in [3.8, 4) is 17.4 Å². The molecular formula is C20H14Cl2N6O2. The number of aryl methyl sites for hydroxylation is 1. The minimum absolute atomic E-state index is 0.134. The third-order valence-corrected chi connectivity index (χ3v) is 5.42. The molecule has 8 nitrogen and oxygen atoms in total. The number of pyridine rings is 1. The highest BCUT2D eigenvalue weighted by atomic mass is 35.5. The van der Waals surface area contributed by atoms with Crippen molar-refractivity contribution in [2.45, 2.75) is 20.4 Å². The fourth-order valence-electron chi connectivity index (χ4n) is 3.28. The Kier molecular flexibility index (Phi) is 4.94. The molecule has 0 radical (unpaired) electrons. The van der Waals surface area contributed by atoms with E-state index in [0.29, 0.717) is 32.3 Å². The van der Waals surface area contributed by atoms with Gasteiger partial charge in [-0.2, -0.15) is 10.4 Å². The van der Waals surface area contributed by atoms with Crippen LogP contribution in [0.5, 0.6) is 0 Å². The molecule has 4 aromatic rings. The minimum Gasteiger partial charge on any atom is -0.282 e. The minimum atomic E-state index is -0.627. The molecule has 0 bridgehead atoms. The van der Waals surface area contributed by atoms with Crippen molar-refractivity contribution in [2.24, 2.45) is 0 Å². The summed E-state index contributed by atoms with van der Waals surface area (Å²) in [6, 6.07) is 6.88. The van der Waals surface area contributed by atoms with E-state index in [9.17, 15) is 14.9 Å². The Labute approximate surface area is 180 Å². The lowest BCUT2D eigenvalue weighted by atomic mass is 10.2. The van der Waals surface area contributed by atoms with Gasteiger partial charge in [-0.15, -0.1) is 0 Å². The monoisotopic (exact) mass is 440 g/mol. The molecule has 0 saturated carbocycles. The molecule has 0 aliphatic rings. The lowest BCUT2D eigenvalue weighted by Gasteiger charge is -2.15. The Morgan fingerprint density at radius 2 is 1.83 bits per heavy atom. The maximum Gasteiger partial charge on any atom is 0.336 e. The number of nitrogens with zero attached hydrogens (tertiary/aromatic N) is 6. The Morgan fingerprint density at radius 3 is 2.53 bits per heavy atom. The molecule has 0 unspecified atom stereocenters. The summed E-state index contributed by atoms with van der Waals surface area (Å²) < 4.78 is 3.60. The number of nitriles is 1. The molecule has 4 rings (SSSR count). The summed E-state index contributed by atoms with van der Waals surface area (Å²) in [4.78, 5) is 30.5. The van der Waals surface area contributed by atoms with Crippen LogP contribution in [0.15, 0.2) is 46.4 Å². The summed E-state index contributed by atoms with van der Waals surface area (Å²) in [6.45, 7) is 3.17. The molecule has 0 aliphatic carbocycles. The third-order valence-electron chi connectivity index (χ3n) is 4.70. The summed E-state index contributed by atoms with van der Waals surface area (Å²) in [5.74, 6) is 0. The molecule has 0 fully saturated rings. The topological polar surface area (TPSA) is 98.5 Å². The van der Waals surface area contributed by atoms with Gasteiger partial charge in [-0.1, -0.05) is 23.2 Å². The first-order chi connectivity index (χ1) is 14.3. The third kappa shape index (κ3) is 3.18. The van der Waals surface area contributed by atoms with Crippen LogP contribution in [0.1, 0.15) is 11.3 Å². The quantitative estimate of drug-likeness (QED) is 0.487. The molecule has 10 heteroatoms. The molecule has 30 heavy (non-hydrogen) atoms. The summed E-state index contributed by atoms with van der Waals surface area (Å²) >= 11 is 12.2. The first kappa shape index (κ1) is 19.9. The Hall–Kier alpha value is -3.41. The van der Waals surface area contributed by atoms with Crippen LogP contribution in [0.25, 0.3) is 22.3 Å². The highest BCUT2D eigenvalue weighted by Crippen LogP contribution is 2.27. The Morgan fingerprint density at radius 1 is 1.10 bits per heavy atom. The van der Waals surface area contributed by atoms with E-state index < -0.39 is 11.2 Å². The van der Waals surface area contributed by atoms with E-state index >= 15 is 0 Å². The maximum absolute atomic E-state index is 13.4. The molecule has 150 valence electrons. The number of benzene rings is 1. The van der Waals surface area contributed by atoms with Crippen LogP contribution in [-0.2, 0) is 6.54 Å². The van der Waals surface area contributed by atoms with Gasteiger partial charge < -0.3 is 0 Å². The molecule has 1 aromatic carbocycles. The van der Waals surface area contributed by atoms with Crippen LogP contribution >= 0.6 is 23.2 Å². The lowest BCUT2D eigenvalue weighted by molar-refractivity contribution is 0.655. The van der Waals surface area contributed by atoms with E-state index in [-0.39, 0.29) is 12.2 Å². The number of aromatic nitrogens is 5. The summed E-state index contributed by atoms with van der Waals surface area (Å²) in [5, 5.41) is 15.0. The Balaban J connectivity index is 2.09. The van der Waals surface area contributed by atoms with Crippen LogP contribution in [0.3, 0.4) is 0 Å². The van der Waals surface area contributed by atoms with E-state index in [0.717, 1.165) is 10.1 Å². The van der Waals surface area contributed by atoms with Crippen molar-refractivity contribution in [3.05, 3.63) is 78.9 Å². The molecule has 0 saturated heterocycles. The maximum atomic E-state index is 13.4. The highest BCUT2D eigenvalue weighted by molar-refractivity contribution is 6.42. The zero-order valence-corrected chi connectivity index (χ0v) is 17.4. The predicted molar refractivity (Wildman–Crippen MR) is 114 cm³/mol. The van der Waals surface area contributed by atoms with Crippen molar-refractivity contribution >= 4 is 34.1 Å². The van der Waals surface area contributed by atoms with Crippen LogP contribution in [0.4, 0.5) is 0 Å². The molecule has 0 N–H and O–H groups in total. The van der Waals surface area contributed by atoms with Gasteiger partial charge >= 0.3 is 5.69 Å². The van der Waals surface area contributed by atoms with Gasteiger partial charge in [0.2, 0.25) is 0 Å². The zero-order chi connectivity index (χ0) is 21.6. The fourth-order valence-corrected chi connectivity index (χ4v) is 3.61. The number of hydrogen-bond donors (Lipinski definition) is 0. The second-order valence-electron chi connectivity index (χ2n) is 6.72. The number of halogens is 2. The lowest BCUT2D eigenvalue weighted by Crippen LogP contribution is -2.42. The van der Waals surface area contributed by atoms with Gasteiger partial charge in [-0.3, -0.25) is 14.3 Å². The fraction of sp³-hybridized carbons (Fsp3) is 0.150. The van der Waals surface area contributed by atoms with Gasteiger partial charge in [0.25, 0.3) is 5.56 Å². The largest absolute Gasteiger partial charge is 0.336 e. The second kappa shape index (κ2) is 7.44. The van der Waals surface area contributed by atoms with Crippen molar-refractivity contribution in [1.29, 1.82) is 5.26 Å². The van der Waals surface area contributed by atoms with E-state index in [2.05, 4.69) is 10.1 Å². The van der Waals surface area contributed by atoms with Crippen molar-refractivity contribution in [3.63, 3.8) is 0 Å². The smallest absolute Gasteiger partial charge is 0.282 e. The first-order valence-electron chi connectivity index (χ1n) is 8.82. The summed E-state index contributed by atoms with van der Waals surface area (Å²) in [5.41, 5.74) is 0.859. The van der Waals surface area contributed by atoms with Crippen molar-refractivity contribution in [1.82, 2.24) is 23.9 Å². The predicted octanol–water partition coefficient (Wildman–Crippen LogP) is 3.18. The van der Waals surface area contributed by atoms with E-state index in [1.165, 1.54) is 15.4 Å². The van der Waals surface area contributed by atoms with Gasteiger partial charge in [-0.25, -0.2) is 14.0 Å². The molecule has 0 atom stereocenters. The Bertz CT molecular complexity index is 1440. The van der Waals surface area contributed by atoms with Crippen LogP contribution in [-0.4, -0.2) is 23.9 Å². The first-order valence-corrected chi connectivity index (χ1v) is 9.57. The molecule has 0 amide bonds. The number of rotatable bonds is 3. The van der Waals surface area contributed by atoms with Crippen LogP contribution < -0.4 is 11.2 Å². The summed E-state index contributed by atoms with van der Waals surface area (Å²) in [7, 11) is 0. The normalized spacial score (nSPS) is 11.0.